The van der Waals surface area contributed by atoms with Crippen LogP contribution in [0.15, 0.2) is 75.4 Å². The third-order valence-electron chi connectivity index (χ3n) is 4.71. The van der Waals surface area contributed by atoms with Crippen molar-refractivity contribution in [3.63, 3.8) is 0 Å². The third-order valence-corrected chi connectivity index (χ3v) is 5.61. The molecule has 2 N–H and O–H groups in total. The summed E-state index contributed by atoms with van der Waals surface area (Å²) in [5, 5.41) is 15.0. The molecule has 5 aromatic rings. The SMILES string of the molecule is C=CC.COc1cccc2cc(-c3csc(NC(=O)c4nc5ccccc5o4)c3C(=O)O)oc12. The number of carboxylic acid groups (broad SMARTS) is 1. The van der Waals surface area contributed by atoms with Gasteiger partial charge in [0.25, 0.3) is 5.89 Å². The second-order valence-electron chi connectivity index (χ2n) is 7.00. The molecule has 8 nitrogen and oxygen atoms in total. The van der Waals surface area contributed by atoms with Gasteiger partial charge in [-0.2, -0.15) is 0 Å². The first-order chi connectivity index (χ1) is 16.5. The zero-order valence-corrected chi connectivity index (χ0v) is 19.1. The van der Waals surface area contributed by atoms with Gasteiger partial charge in [-0.25, -0.2) is 9.78 Å². The number of hydrogen-bond donors (Lipinski definition) is 2. The number of furan rings is 1. The molecule has 0 fully saturated rings. The number of carbonyl (C=O) groups is 2. The van der Waals surface area contributed by atoms with Crippen LogP contribution in [-0.4, -0.2) is 29.1 Å². The van der Waals surface area contributed by atoms with E-state index in [-0.39, 0.29) is 16.5 Å². The quantitative estimate of drug-likeness (QED) is 0.280. The Morgan fingerprint density at radius 3 is 2.65 bits per heavy atom. The number of thiophene rings is 1. The molecule has 0 aliphatic carbocycles. The number of aromatic nitrogens is 1. The lowest BCUT2D eigenvalue weighted by molar-refractivity contribution is 0.0699. The van der Waals surface area contributed by atoms with Crippen molar-refractivity contribution >= 4 is 50.3 Å². The minimum atomic E-state index is -1.20. The fraction of sp³-hybridized carbons (Fsp3) is 0.0800. The molecule has 2 aromatic carbocycles. The average molecular weight is 477 g/mol. The zero-order valence-electron chi connectivity index (χ0n) is 18.3. The molecule has 0 bridgehead atoms. The lowest BCUT2D eigenvalue weighted by Gasteiger charge is -2.03. The van der Waals surface area contributed by atoms with Gasteiger partial charge in [0.2, 0.25) is 0 Å². The molecule has 0 spiro atoms. The predicted molar refractivity (Wildman–Crippen MR) is 131 cm³/mol. The lowest BCUT2D eigenvalue weighted by Crippen LogP contribution is -2.13. The molecular formula is C25H20N2O6S. The Labute approximate surface area is 198 Å². The second-order valence-corrected chi connectivity index (χ2v) is 7.88. The molecule has 0 saturated carbocycles. The number of nitrogens with one attached hydrogen (secondary N) is 1. The maximum atomic E-state index is 12.6. The number of benzene rings is 2. The zero-order chi connectivity index (χ0) is 24.2. The van der Waals surface area contributed by atoms with Crippen LogP contribution >= 0.6 is 11.3 Å². The van der Waals surface area contributed by atoms with E-state index in [1.165, 1.54) is 7.11 Å². The summed E-state index contributed by atoms with van der Waals surface area (Å²) in [5.41, 5.74) is 1.79. The second kappa shape index (κ2) is 9.63. The van der Waals surface area contributed by atoms with Crippen LogP contribution in [0.25, 0.3) is 33.4 Å². The van der Waals surface area contributed by atoms with Crippen LogP contribution in [-0.2, 0) is 0 Å². The Morgan fingerprint density at radius 1 is 1.18 bits per heavy atom. The normalized spacial score (nSPS) is 10.5. The molecule has 0 atom stereocenters. The number of carboxylic acids is 1. The Bertz CT molecular complexity index is 1480. The first-order valence-corrected chi connectivity index (χ1v) is 11.0. The summed E-state index contributed by atoms with van der Waals surface area (Å²) >= 11 is 1.08. The van der Waals surface area contributed by atoms with Gasteiger partial charge in [-0.1, -0.05) is 30.3 Å². The van der Waals surface area contributed by atoms with E-state index in [0.717, 1.165) is 16.7 Å². The van der Waals surface area contributed by atoms with Gasteiger partial charge in [0.05, 0.1) is 7.11 Å². The number of amides is 1. The number of fused-ring (bicyclic) bond motifs is 2. The summed E-state index contributed by atoms with van der Waals surface area (Å²) in [4.78, 5) is 28.8. The maximum Gasteiger partial charge on any atom is 0.339 e. The van der Waals surface area contributed by atoms with Gasteiger partial charge >= 0.3 is 11.9 Å². The number of carbonyl (C=O) groups excluding carboxylic acids is 1. The van der Waals surface area contributed by atoms with Gasteiger partial charge < -0.3 is 24.0 Å². The number of ether oxygens (including phenoxy) is 1. The molecule has 172 valence electrons. The number of allylic oxidation sites excluding steroid dienone is 1. The molecule has 0 radical (unpaired) electrons. The number of oxazole rings is 1. The third kappa shape index (κ3) is 4.28. The van der Waals surface area contributed by atoms with Crippen LogP contribution in [0.4, 0.5) is 5.00 Å². The van der Waals surface area contributed by atoms with Crippen molar-refractivity contribution in [1.82, 2.24) is 4.98 Å². The highest BCUT2D eigenvalue weighted by atomic mass is 32.1. The highest BCUT2D eigenvalue weighted by Crippen LogP contribution is 2.40. The predicted octanol–water partition coefficient (Wildman–Crippen LogP) is 6.45. The van der Waals surface area contributed by atoms with E-state index in [0.29, 0.717) is 33.8 Å². The number of methoxy groups -OCH3 is 1. The van der Waals surface area contributed by atoms with Crippen LogP contribution in [0, 0.1) is 0 Å². The van der Waals surface area contributed by atoms with Crippen LogP contribution in [0.1, 0.15) is 28.0 Å². The van der Waals surface area contributed by atoms with Crippen molar-refractivity contribution in [2.75, 3.05) is 12.4 Å². The van der Waals surface area contributed by atoms with Crippen molar-refractivity contribution in [2.24, 2.45) is 0 Å². The Balaban J connectivity index is 0.000000868. The van der Waals surface area contributed by atoms with Crippen molar-refractivity contribution < 1.29 is 28.3 Å². The molecule has 5 rings (SSSR count). The fourth-order valence-corrected chi connectivity index (χ4v) is 4.24. The molecular weight excluding hydrogens is 456 g/mol. The summed E-state index contributed by atoms with van der Waals surface area (Å²) in [7, 11) is 1.53. The fourth-order valence-electron chi connectivity index (χ4n) is 3.30. The van der Waals surface area contributed by atoms with Gasteiger partial charge in [-0.3, -0.25) is 4.79 Å². The largest absolute Gasteiger partial charge is 0.493 e. The monoisotopic (exact) mass is 476 g/mol. The number of nitrogens with zero attached hydrogens (tertiary/aromatic N) is 1. The van der Waals surface area contributed by atoms with E-state index in [4.69, 9.17) is 13.6 Å². The summed E-state index contributed by atoms with van der Waals surface area (Å²) in [6.07, 6.45) is 1.75. The number of anilines is 1. The minimum Gasteiger partial charge on any atom is -0.493 e. The minimum absolute atomic E-state index is 0.0764. The van der Waals surface area contributed by atoms with Crippen molar-refractivity contribution in [3.05, 3.63) is 78.0 Å². The van der Waals surface area contributed by atoms with Crippen LogP contribution in [0.5, 0.6) is 5.75 Å². The standard InChI is InChI=1S/C22H14N2O6S.C3H6/c1-28-15-8-4-5-11-9-16(29-18(11)15)12-10-31-21(17(12)22(26)27)24-19(25)20-23-13-6-2-3-7-14(13)30-20;1-3-2/h2-10H,1H3,(H,24,25)(H,26,27);3H,1H2,2H3. The Morgan fingerprint density at radius 2 is 1.94 bits per heavy atom. The van der Waals surface area contributed by atoms with Crippen molar-refractivity contribution in [3.8, 4) is 17.1 Å². The summed E-state index contributed by atoms with van der Waals surface area (Å²) in [6, 6.07) is 14.1. The number of para-hydroxylation sites is 3. The maximum absolute atomic E-state index is 12.6. The Hall–Kier alpha value is -4.37. The summed E-state index contributed by atoms with van der Waals surface area (Å²) in [6.45, 7) is 5.25. The lowest BCUT2D eigenvalue weighted by atomic mass is 10.1. The highest BCUT2D eigenvalue weighted by Gasteiger charge is 2.25. The van der Waals surface area contributed by atoms with Gasteiger partial charge in [-0.05, 0) is 31.2 Å². The molecule has 1 amide bonds. The Kier molecular flexibility index (Phi) is 6.46. The first kappa shape index (κ1) is 22.8. The molecule has 34 heavy (non-hydrogen) atoms. The smallest absolute Gasteiger partial charge is 0.339 e. The van der Waals surface area contributed by atoms with Gasteiger partial charge in [0, 0.05) is 16.3 Å². The molecule has 0 aliphatic heterocycles. The first-order valence-electron chi connectivity index (χ1n) is 10.1. The number of rotatable bonds is 5. The molecule has 0 saturated heterocycles. The van der Waals surface area contributed by atoms with Crippen LogP contribution in [0.2, 0.25) is 0 Å². The average Bonchev–Trinajstić information content (AvgIpc) is 3.54. The van der Waals surface area contributed by atoms with E-state index >= 15 is 0 Å². The van der Waals surface area contributed by atoms with Crippen LogP contribution in [0.3, 0.4) is 0 Å². The van der Waals surface area contributed by atoms with E-state index in [1.807, 2.05) is 19.1 Å². The van der Waals surface area contributed by atoms with Crippen LogP contribution < -0.4 is 10.1 Å². The molecule has 0 unspecified atom stereocenters. The van der Waals surface area contributed by atoms with E-state index in [1.54, 1.807) is 47.9 Å². The topological polar surface area (TPSA) is 115 Å². The number of hydrogen-bond acceptors (Lipinski definition) is 7. The number of aromatic carboxylic acids is 1. The van der Waals surface area contributed by atoms with Gasteiger partial charge in [0.1, 0.15) is 21.8 Å². The van der Waals surface area contributed by atoms with E-state index < -0.39 is 11.9 Å². The van der Waals surface area contributed by atoms with Crippen molar-refractivity contribution in [1.29, 1.82) is 0 Å². The van der Waals surface area contributed by atoms with E-state index in [2.05, 4.69) is 16.9 Å². The summed E-state index contributed by atoms with van der Waals surface area (Å²) in [5.74, 6) is -1.09. The molecule has 0 aliphatic rings. The molecule has 3 aromatic heterocycles. The molecule has 9 heteroatoms. The van der Waals surface area contributed by atoms with Gasteiger partial charge in [-0.15, -0.1) is 17.9 Å². The van der Waals surface area contributed by atoms with Crippen molar-refractivity contribution in [2.45, 2.75) is 6.92 Å². The van der Waals surface area contributed by atoms with Gasteiger partial charge in [0.15, 0.2) is 16.9 Å². The summed E-state index contributed by atoms with van der Waals surface area (Å²) < 4.78 is 16.6. The molecule has 3 heterocycles. The van der Waals surface area contributed by atoms with E-state index in [9.17, 15) is 14.7 Å². The highest BCUT2D eigenvalue weighted by molar-refractivity contribution is 7.15.